The lowest BCUT2D eigenvalue weighted by molar-refractivity contribution is -0.132. The molecule has 0 heterocycles. The molecule has 2 aromatic rings. The number of rotatable bonds is 6. The fourth-order valence-corrected chi connectivity index (χ4v) is 2.59. The van der Waals surface area contributed by atoms with Crippen molar-refractivity contribution in [3.63, 3.8) is 0 Å². The molecule has 6 nitrogen and oxygen atoms in total. The van der Waals surface area contributed by atoms with Gasteiger partial charge in [0, 0.05) is 12.6 Å². The number of benzene rings is 2. The van der Waals surface area contributed by atoms with E-state index in [9.17, 15) is 18.8 Å². The maximum absolute atomic E-state index is 12.9. The van der Waals surface area contributed by atoms with Crippen LogP contribution in [0.4, 0.5) is 10.1 Å². The molecule has 0 bridgehead atoms. The van der Waals surface area contributed by atoms with Crippen LogP contribution in [0.25, 0.3) is 0 Å². The summed E-state index contributed by atoms with van der Waals surface area (Å²) in [5.41, 5.74) is 0.481. The minimum atomic E-state index is -0.524. The molecular formula is C18H16Cl2FN3O3. The number of nitrogens with one attached hydrogen (secondary N) is 2. The molecular weight excluding hydrogens is 396 g/mol. The van der Waals surface area contributed by atoms with E-state index < -0.39 is 23.5 Å². The van der Waals surface area contributed by atoms with Gasteiger partial charge < -0.3 is 15.5 Å². The zero-order valence-corrected chi connectivity index (χ0v) is 15.8. The topological polar surface area (TPSA) is 78.5 Å². The minimum Gasteiger partial charge on any atom is -0.343 e. The molecule has 2 N–H and O–H groups in total. The highest BCUT2D eigenvalue weighted by atomic mass is 35.5. The molecule has 0 aliphatic heterocycles. The Bertz CT molecular complexity index is 839. The molecule has 142 valence electrons. The number of nitrogens with zero attached hydrogens (tertiary/aromatic N) is 1. The SMILES string of the molecule is CN(CC(=O)Nc1c(Cl)cccc1Cl)C(=O)CNC(=O)c1ccc(F)cc1. The van der Waals surface area contributed by atoms with Gasteiger partial charge in [-0.05, 0) is 36.4 Å². The number of carbonyl (C=O) groups is 3. The van der Waals surface area contributed by atoms with Gasteiger partial charge in [0.2, 0.25) is 11.8 Å². The summed E-state index contributed by atoms with van der Waals surface area (Å²) < 4.78 is 12.9. The van der Waals surface area contributed by atoms with E-state index in [-0.39, 0.29) is 34.4 Å². The molecule has 0 aliphatic rings. The predicted molar refractivity (Wildman–Crippen MR) is 101 cm³/mol. The smallest absolute Gasteiger partial charge is 0.251 e. The minimum absolute atomic E-state index is 0.220. The standard InChI is InChI=1S/C18H16Cl2FN3O3/c1-24(10-15(25)23-17-13(19)3-2-4-14(17)20)16(26)9-22-18(27)11-5-7-12(21)8-6-11/h2-8H,9-10H2,1H3,(H,22,27)(H,23,25). The van der Waals surface area contributed by atoms with Crippen molar-refractivity contribution in [1.82, 2.24) is 10.2 Å². The summed E-state index contributed by atoms with van der Waals surface area (Å²) in [7, 11) is 1.42. The molecule has 0 fully saturated rings. The third-order valence-electron chi connectivity index (χ3n) is 3.54. The summed E-state index contributed by atoms with van der Waals surface area (Å²) in [6, 6.07) is 9.69. The van der Waals surface area contributed by atoms with Crippen LogP contribution >= 0.6 is 23.2 Å². The van der Waals surface area contributed by atoms with Gasteiger partial charge in [-0.25, -0.2) is 4.39 Å². The molecule has 0 spiro atoms. The Labute approximate surface area is 165 Å². The van der Waals surface area contributed by atoms with E-state index in [1.807, 2.05) is 0 Å². The van der Waals surface area contributed by atoms with Gasteiger partial charge in [-0.15, -0.1) is 0 Å². The Morgan fingerprint density at radius 1 is 1.04 bits per heavy atom. The number of carbonyl (C=O) groups excluding carboxylic acids is 3. The Morgan fingerprint density at radius 3 is 2.22 bits per heavy atom. The maximum atomic E-state index is 12.9. The van der Waals surface area contributed by atoms with Crippen molar-refractivity contribution in [1.29, 1.82) is 0 Å². The van der Waals surface area contributed by atoms with Crippen LogP contribution in [0.2, 0.25) is 10.0 Å². The summed E-state index contributed by atoms with van der Waals surface area (Å²) in [5.74, 6) is -1.97. The van der Waals surface area contributed by atoms with Crippen molar-refractivity contribution in [2.24, 2.45) is 0 Å². The number of halogens is 3. The monoisotopic (exact) mass is 411 g/mol. The number of para-hydroxylation sites is 1. The molecule has 2 rings (SSSR count). The molecule has 0 aromatic heterocycles. The van der Waals surface area contributed by atoms with E-state index in [1.165, 1.54) is 19.2 Å². The van der Waals surface area contributed by atoms with Crippen molar-refractivity contribution in [2.75, 3.05) is 25.5 Å². The molecule has 0 saturated carbocycles. The summed E-state index contributed by atoms with van der Waals surface area (Å²) >= 11 is 11.9. The van der Waals surface area contributed by atoms with Crippen LogP contribution in [0.3, 0.4) is 0 Å². The Balaban J connectivity index is 1.85. The highest BCUT2D eigenvalue weighted by Crippen LogP contribution is 2.29. The van der Waals surface area contributed by atoms with Crippen LogP contribution in [0.15, 0.2) is 42.5 Å². The van der Waals surface area contributed by atoms with E-state index in [2.05, 4.69) is 10.6 Å². The van der Waals surface area contributed by atoms with Crippen molar-refractivity contribution < 1.29 is 18.8 Å². The Morgan fingerprint density at radius 2 is 1.63 bits per heavy atom. The second-order valence-electron chi connectivity index (χ2n) is 5.58. The number of likely N-dealkylation sites (N-methyl/N-ethyl adjacent to an activating group) is 1. The highest BCUT2D eigenvalue weighted by Gasteiger charge is 2.16. The van der Waals surface area contributed by atoms with Crippen LogP contribution in [0, 0.1) is 5.82 Å². The van der Waals surface area contributed by atoms with Gasteiger partial charge in [0.25, 0.3) is 5.91 Å². The average Bonchev–Trinajstić information content (AvgIpc) is 2.63. The lowest BCUT2D eigenvalue weighted by Crippen LogP contribution is -2.41. The molecule has 2 aromatic carbocycles. The molecule has 0 unspecified atom stereocenters. The lowest BCUT2D eigenvalue weighted by atomic mass is 10.2. The Kier molecular flexibility index (Phi) is 7.15. The molecule has 0 radical (unpaired) electrons. The molecule has 0 saturated heterocycles. The first-order valence-corrected chi connectivity index (χ1v) is 8.55. The first-order valence-electron chi connectivity index (χ1n) is 7.79. The van der Waals surface area contributed by atoms with Crippen molar-refractivity contribution in [2.45, 2.75) is 0 Å². The van der Waals surface area contributed by atoms with Crippen molar-refractivity contribution in [3.8, 4) is 0 Å². The lowest BCUT2D eigenvalue weighted by Gasteiger charge is -2.18. The first-order chi connectivity index (χ1) is 12.8. The summed E-state index contributed by atoms with van der Waals surface area (Å²) in [4.78, 5) is 37.2. The van der Waals surface area contributed by atoms with Gasteiger partial charge in [0.1, 0.15) is 5.82 Å². The molecule has 9 heteroatoms. The second-order valence-corrected chi connectivity index (χ2v) is 6.40. The number of amides is 3. The maximum Gasteiger partial charge on any atom is 0.251 e. The van der Waals surface area contributed by atoms with Gasteiger partial charge in [0.05, 0.1) is 28.8 Å². The average molecular weight is 412 g/mol. The molecule has 0 atom stereocenters. The van der Waals surface area contributed by atoms with Crippen LogP contribution in [0.1, 0.15) is 10.4 Å². The van der Waals surface area contributed by atoms with Gasteiger partial charge in [-0.2, -0.15) is 0 Å². The van der Waals surface area contributed by atoms with Crippen LogP contribution < -0.4 is 10.6 Å². The predicted octanol–water partition coefficient (Wildman–Crippen LogP) is 2.96. The van der Waals surface area contributed by atoms with E-state index in [4.69, 9.17) is 23.2 Å². The summed E-state index contributed by atoms with van der Waals surface area (Å²) in [5, 5.41) is 5.50. The fraction of sp³-hybridized carbons (Fsp3) is 0.167. The van der Waals surface area contributed by atoms with Crippen LogP contribution in [-0.2, 0) is 9.59 Å². The zero-order chi connectivity index (χ0) is 20.0. The second kappa shape index (κ2) is 9.34. The third-order valence-corrected chi connectivity index (χ3v) is 4.17. The van der Waals surface area contributed by atoms with Crippen molar-refractivity contribution >= 4 is 46.6 Å². The van der Waals surface area contributed by atoms with Gasteiger partial charge >= 0.3 is 0 Å². The van der Waals surface area contributed by atoms with Gasteiger partial charge in [-0.1, -0.05) is 29.3 Å². The summed E-state index contributed by atoms with van der Waals surface area (Å²) in [6.07, 6.45) is 0. The fourth-order valence-electron chi connectivity index (χ4n) is 2.09. The molecule has 3 amide bonds. The van der Waals surface area contributed by atoms with E-state index >= 15 is 0 Å². The third kappa shape index (κ3) is 5.94. The quantitative estimate of drug-likeness (QED) is 0.766. The van der Waals surface area contributed by atoms with E-state index in [0.717, 1.165) is 17.0 Å². The molecule has 0 aliphatic carbocycles. The zero-order valence-electron chi connectivity index (χ0n) is 14.3. The van der Waals surface area contributed by atoms with E-state index in [1.54, 1.807) is 18.2 Å². The number of anilines is 1. The number of hydrogen-bond acceptors (Lipinski definition) is 3. The van der Waals surface area contributed by atoms with Crippen molar-refractivity contribution in [3.05, 3.63) is 63.9 Å². The Hall–Kier alpha value is -2.64. The van der Waals surface area contributed by atoms with Gasteiger partial charge in [-0.3, -0.25) is 14.4 Å². The largest absolute Gasteiger partial charge is 0.343 e. The van der Waals surface area contributed by atoms with Crippen LogP contribution in [-0.4, -0.2) is 42.8 Å². The van der Waals surface area contributed by atoms with Crippen LogP contribution in [0.5, 0.6) is 0 Å². The number of hydrogen-bond donors (Lipinski definition) is 2. The normalized spacial score (nSPS) is 10.2. The first kappa shape index (κ1) is 20.7. The highest BCUT2D eigenvalue weighted by molar-refractivity contribution is 6.39. The van der Waals surface area contributed by atoms with E-state index in [0.29, 0.717) is 0 Å². The summed E-state index contributed by atoms with van der Waals surface area (Å²) in [6.45, 7) is -0.570. The molecule has 27 heavy (non-hydrogen) atoms. The van der Waals surface area contributed by atoms with Gasteiger partial charge in [0.15, 0.2) is 0 Å².